The van der Waals surface area contributed by atoms with Gasteiger partial charge < -0.3 is 14.2 Å². The lowest BCUT2D eigenvalue weighted by molar-refractivity contribution is 0.0523. The van der Waals surface area contributed by atoms with Gasteiger partial charge in [0.15, 0.2) is 0 Å². The van der Waals surface area contributed by atoms with E-state index in [1.54, 1.807) is 0 Å². The van der Waals surface area contributed by atoms with Crippen molar-refractivity contribution in [2.45, 2.75) is 51.4 Å². The molecule has 0 radical (unpaired) electrons. The smallest absolute Gasteiger partial charge is 0.130 e. The summed E-state index contributed by atoms with van der Waals surface area (Å²) in [5.74, 6) is 4.12. The van der Waals surface area contributed by atoms with Crippen molar-refractivity contribution < 1.29 is 4.74 Å². The number of nitrogens with zero attached hydrogens (tertiary/aromatic N) is 2. The second kappa shape index (κ2) is 15.0. The first-order valence-electron chi connectivity index (χ1n) is 22.6. The summed E-state index contributed by atoms with van der Waals surface area (Å²) in [7, 11) is 0. The zero-order valence-corrected chi connectivity index (χ0v) is 35.3. The van der Waals surface area contributed by atoms with Crippen LogP contribution < -0.4 is 9.64 Å². The van der Waals surface area contributed by atoms with Crippen molar-refractivity contribution in [3.05, 3.63) is 205 Å². The normalized spacial score (nSPS) is 20.3. The summed E-state index contributed by atoms with van der Waals surface area (Å²) in [6.45, 7) is 2.56. The van der Waals surface area contributed by atoms with Gasteiger partial charge in [-0.15, -0.1) is 0 Å². The average molecular weight is 803 g/mol. The number of benzene rings is 8. The predicted octanol–water partition coefficient (Wildman–Crippen LogP) is 16.2. The van der Waals surface area contributed by atoms with Crippen molar-refractivity contribution in [2.24, 2.45) is 17.3 Å². The minimum atomic E-state index is 0.225. The van der Waals surface area contributed by atoms with Crippen molar-refractivity contribution in [3.63, 3.8) is 0 Å². The minimum Gasteiger partial charge on any atom is -0.457 e. The molecule has 302 valence electrons. The van der Waals surface area contributed by atoms with Gasteiger partial charge in [0.2, 0.25) is 0 Å². The van der Waals surface area contributed by atoms with Crippen molar-refractivity contribution in [1.82, 2.24) is 4.57 Å². The first-order valence-corrected chi connectivity index (χ1v) is 22.6. The molecule has 1 aliphatic heterocycles. The molecule has 2 fully saturated rings. The molecule has 0 N–H and O–H groups in total. The van der Waals surface area contributed by atoms with Crippen LogP contribution in [0.2, 0.25) is 0 Å². The largest absolute Gasteiger partial charge is 0.457 e. The van der Waals surface area contributed by atoms with Gasteiger partial charge in [0.1, 0.15) is 11.5 Å². The Balaban J connectivity index is 0.974. The molecule has 62 heavy (non-hydrogen) atoms. The van der Waals surface area contributed by atoms with Crippen LogP contribution in [0.25, 0.3) is 49.7 Å². The van der Waals surface area contributed by atoms with E-state index in [9.17, 15) is 0 Å². The van der Waals surface area contributed by atoms with Crippen molar-refractivity contribution in [2.75, 3.05) is 4.90 Å². The third-order valence-electron chi connectivity index (χ3n) is 14.5. The highest BCUT2D eigenvalue weighted by molar-refractivity contribution is 6.09. The molecule has 3 heteroatoms. The number of rotatable bonds is 6. The lowest BCUT2D eigenvalue weighted by Gasteiger charge is -2.50. The Bertz CT molecular complexity index is 3040. The van der Waals surface area contributed by atoms with Crippen LogP contribution >= 0.6 is 0 Å². The summed E-state index contributed by atoms with van der Waals surface area (Å²) < 4.78 is 9.46. The van der Waals surface area contributed by atoms with Gasteiger partial charge in [-0.3, -0.25) is 0 Å². The van der Waals surface area contributed by atoms with Gasteiger partial charge in [-0.2, -0.15) is 0 Å². The molecular weight excluding hydrogens is 753 g/mol. The Morgan fingerprint density at radius 2 is 1.15 bits per heavy atom. The monoisotopic (exact) mass is 802 g/mol. The molecule has 12 rings (SSSR count). The maximum atomic E-state index is 7.03. The molecule has 3 nitrogen and oxygen atoms in total. The molecule has 0 spiro atoms. The SMILES string of the molecule is C[C@@]12Cc3cc(N(c4ccc(-c5ccccc5)cc4)c4ccc(-c5ccccc5-n5c6ccccc6c6ccccc65)cc4)ccc3Oc3ccccc3C3CC[C@@H](C[C@@H]3C1)C2. The van der Waals surface area contributed by atoms with Gasteiger partial charge in [-0.05, 0) is 156 Å². The summed E-state index contributed by atoms with van der Waals surface area (Å²) in [6.07, 6.45) is 7.53. The van der Waals surface area contributed by atoms with Crippen LogP contribution in [0.15, 0.2) is 194 Å². The van der Waals surface area contributed by atoms with Crippen LogP contribution in [0.3, 0.4) is 0 Å². The molecule has 4 atom stereocenters. The highest BCUT2D eigenvalue weighted by Crippen LogP contribution is 2.57. The number of hydrogen-bond donors (Lipinski definition) is 0. The Kier molecular flexibility index (Phi) is 8.92. The van der Waals surface area contributed by atoms with E-state index in [4.69, 9.17) is 4.74 Å². The summed E-state index contributed by atoms with van der Waals surface area (Å²) in [4.78, 5) is 2.43. The third kappa shape index (κ3) is 6.41. The second-order valence-corrected chi connectivity index (χ2v) is 18.6. The van der Waals surface area contributed by atoms with E-state index in [1.807, 2.05) is 0 Å². The molecule has 2 aliphatic carbocycles. The van der Waals surface area contributed by atoms with E-state index in [0.717, 1.165) is 40.9 Å². The molecule has 3 bridgehead atoms. The lowest BCUT2D eigenvalue weighted by Crippen LogP contribution is -2.39. The fourth-order valence-electron chi connectivity index (χ4n) is 11.9. The molecular formula is C59H50N2O. The van der Waals surface area contributed by atoms with E-state index in [1.165, 1.54) is 93.0 Å². The minimum absolute atomic E-state index is 0.225. The summed E-state index contributed by atoms with van der Waals surface area (Å²) in [5.41, 5.74) is 14.7. The van der Waals surface area contributed by atoms with Crippen LogP contribution in [-0.4, -0.2) is 4.57 Å². The molecule has 8 aromatic carbocycles. The van der Waals surface area contributed by atoms with Gasteiger partial charge in [0.25, 0.3) is 0 Å². The molecule has 0 amide bonds. The predicted molar refractivity (Wildman–Crippen MR) is 257 cm³/mol. The van der Waals surface area contributed by atoms with Crippen LogP contribution in [0, 0.1) is 17.3 Å². The second-order valence-electron chi connectivity index (χ2n) is 18.6. The number of hydrogen-bond acceptors (Lipinski definition) is 2. The van der Waals surface area contributed by atoms with E-state index >= 15 is 0 Å². The van der Waals surface area contributed by atoms with Crippen LogP contribution in [-0.2, 0) is 6.42 Å². The summed E-state index contributed by atoms with van der Waals surface area (Å²) >= 11 is 0. The maximum Gasteiger partial charge on any atom is 0.130 e. The molecule has 1 aromatic heterocycles. The number of fused-ring (bicyclic) bond motifs is 8. The Labute approximate surface area is 364 Å². The first kappa shape index (κ1) is 37.0. The highest BCUT2D eigenvalue weighted by Gasteiger charge is 2.45. The Hall–Kier alpha value is -6.84. The number of aromatic nitrogens is 1. The molecule has 2 heterocycles. The number of anilines is 3. The highest BCUT2D eigenvalue weighted by atomic mass is 16.5. The quantitative estimate of drug-likeness (QED) is 0.167. The molecule has 3 aliphatic rings. The van der Waals surface area contributed by atoms with Crippen molar-refractivity contribution in [1.29, 1.82) is 0 Å². The Morgan fingerprint density at radius 1 is 0.532 bits per heavy atom. The molecule has 9 aromatic rings. The van der Waals surface area contributed by atoms with E-state index < -0.39 is 0 Å². The summed E-state index contributed by atoms with van der Waals surface area (Å²) in [6, 6.07) is 71.1. The molecule has 0 saturated heterocycles. The zero-order valence-electron chi connectivity index (χ0n) is 35.3. The van der Waals surface area contributed by atoms with Gasteiger partial charge in [0, 0.05) is 33.4 Å². The first-order chi connectivity index (χ1) is 30.5. The maximum absolute atomic E-state index is 7.03. The zero-order chi connectivity index (χ0) is 41.2. The lowest BCUT2D eigenvalue weighted by atomic mass is 9.56. The fraction of sp³-hybridized carbons (Fsp3) is 0.186. The standard InChI is InChI=1S/C59H50N2O/c1-59-37-40-23-33-49(44(35-40)38-59)53-18-8-12-22-58(53)62-57-34-32-48(36-45(57)39-59)60(46-28-24-42(25-29-46)41-13-3-2-4-14-41)47-30-26-43(27-31-47)50-15-5-9-19-54(50)61-55-20-10-6-16-51(55)52-17-7-11-21-56(52)61/h2-22,24-32,34,36,40,44,49H,23,33,35,37-39H2,1H3/t40-,44+,49?,59-/m0/s1. The van der Waals surface area contributed by atoms with E-state index in [-0.39, 0.29) is 5.41 Å². The van der Waals surface area contributed by atoms with Gasteiger partial charge in [-0.1, -0.05) is 134 Å². The molecule has 2 saturated carbocycles. The van der Waals surface area contributed by atoms with E-state index in [2.05, 4.69) is 211 Å². The number of para-hydroxylation sites is 4. The topological polar surface area (TPSA) is 17.4 Å². The van der Waals surface area contributed by atoms with Crippen molar-refractivity contribution in [3.8, 4) is 39.4 Å². The van der Waals surface area contributed by atoms with Crippen LogP contribution in [0.4, 0.5) is 17.1 Å². The van der Waals surface area contributed by atoms with Gasteiger partial charge >= 0.3 is 0 Å². The summed E-state index contributed by atoms with van der Waals surface area (Å²) in [5, 5.41) is 2.53. The third-order valence-corrected chi connectivity index (χ3v) is 14.5. The average Bonchev–Trinajstić information content (AvgIpc) is 3.65. The number of ether oxygens (including phenoxy) is 1. The van der Waals surface area contributed by atoms with Crippen LogP contribution in [0.1, 0.15) is 56.1 Å². The van der Waals surface area contributed by atoms with Crippen molar-refractivity contribution >= 4 is 38.9 Å². The molecule has 1 unspecified atom stereocenters. The van der Waals surface area contributed by atoms with Gasteiger partial charge in [-0.25, -0.2) is 0 Å². The van der Waals surface area contributed by atoms with Gasteiger partial charge in [0.05, 0.1) is 16.7 Å². The van der Waals surface area contributed by atoms with Crippen LogP contribution in [0.5, 0.6) is 11.5 Å². The Morgan fingerprint density at radius 3 is 1.90 bits per heavy atom. The fourth-order valence-corrected chi connectivity index (χ4v) is 11.9. The van der Waals surface area contributed by atoms with E-state index in [0.29, 0.717) is 11.8 Å².